The number of halogens is 1. The smallest absolute Gasteiger partial charge is 0.251 e. The second-order valence-corrected chi connectivity index (χ2v) is 10.9. The molecule has 2 aliphatic heterocycles. The number of nitriles is 1. The molecule has 1 N–H and O–H groups in total. The first-order valence-electron chi connectivity index (χ1n) is 13.9. The SMILES string of the molecule is N#Cc1ccc2c(c1)OCCC1NC(C(Cc3ccccc3)n3ccc(-c4cc(Cl)ccc4-n4cnnn4)cc3=O)=NC21. The molecule has 0 amide bonds. The number of amidine groups is 1. The number of nitrogens with one attached hydrogen (secondary N) is 1. The fraction of sp³-hybridized carbons (Fsp3) is 0.188. The molecule has 212 valence electrons. The molecule has 7 rings (SSSR count). The molecular weight excluding hydrogens is 564 g/mol. The fourth-order valence-electron chi connectivity index (χ4n) is 5.80. The van der Waals surface area contributed by atoms with Crippen LogP contribution in [0.15, 0.2) is 101 Å². The molecule has 0 spiro atoms. The summed E-state index contributed by atoms with van der Waals surface area (Å²) in [6, 6.07) is 26.1. The van der Waals surface area contributed by atoms with E-state index in [4.69, 9.17) is 21.3 Å². The standard InChI is InChI=1S/C32H25ClN8O2/c33-23-7-9-27(41-19-35-38-39-41)25(17-23)22-10-12-40(30(42)16-22)28(14-20-4-2-1-3-5-20)32-36-26-11-13-43-29-15-21(18-34)6-8-24(29)31(26)37-32/h1-10,12,15-17,19,26,28,31H,11,13-14H2,(H,36,37). The van der Waals surface area contributed by atoms with E-state index < -0.39 is 0 Å². The predicted molar refractivity (Wildman–Crippen MR) is 161 cm³/mol. The maximum Gasteiger partial charge on any atom is 0.251 e. The van der Waals surface area contributed by atoms with Gasteiger partial charge in [-0.25, -0.2) is 0 Å². The summed E-state index contributed by atoms with van der Waals surface area (Å²) in [5.74, 6) is 1.42. The van der Waals surface area contributed by atoms with E-state index in [1.54, 1.807) is 34.9 Å². The summed E-state index contributed by atoms with van der Waals surface area (Å²) in [7, 11) is 0. The van der Waals surface area contributed by atoms with Crippen molar-refractivity contribution in [2.24, 2.45) is 4.99 Å². The fourth-order valence-corrected chi connectivity index (χ4v) is 5.98. The van der Waals surface area contributed by atoms with Crippen LogP contribution in [-0.2, 0) is 6.42 Å². The van der Waals surface area contributed by atoms with Gasteiger partial charge in [0, 0.05) is 41.3 Å². The molecule has 0 radical (unpaired) electrons. The Kier molecular flexibility index (Phi) is 6.93. The van der Waals surface area contributed by atoms with E-state index in [2.05, 4.69) is 39.0 Å². The highest BCUT2D eigenvalue weighted by molar-refractivity contribution is 6.31. The van der Waals surface area contributed by atoms with E-state index >= 15 is 0 Å². The van der Waals surface area contributed by atoms with Crippen LogP contribution in [0.25, 0.3) is 16.8 Å². The van der Waals surface area contributed by atoms with Crippen molar-refractivity contribution >= 4 is 17.4 Å². The van der Waals surface area contributed by atoms with Crippen LogP contribution in [0.4, 0.5) is 0 Å². The Morgan fingerprint density at radius 3 is 2.77 bits per heavy atom. The molecule has 0 saturated carbocycles. The van der Waals surface area contributed by atoms with Crippen molar-refractivity contribution in [3.05, 3.63) is 123 Å². The summed E-state index contributed by atoms with van der Waals surface area (Å²) in [6.07, 6.45) is 4.61. The van der Waals surface area contributed by atoms with Crippen LogP contribution in [0, 0.1) is 11.3 Å². The molecule has 0 aliphatic carbocycles. The topological polar surface area (TPSA) is 123 Å². The van der Waals surface area contributed by atoms with Gasteiger partial charge in [0.25, 0.3) is 5.56 Å². The van der Waals surface area contributed by atoms with E-state index in [0.717, 1.165) is 28.9 Å². The number of hydrogen-bond donors (Lipinski definition) is 1. The normalized spacial score (nSPS) is 17.8. The molecule has 3 unspecified atom stereocenters. The Balaban J connectivity index is 1.30. The number of benzene rings is 3. The van der Waals surface area contributed by atoms with Crippen molar-refractivity contribution in [2.45, 2.75) is 31.0 Å². The molecule has 0 bridgehead atoms. The van der Waals surface area contributed by atoms with E-state index in [-0.39, 0.29) is 23.7 Å². The van der Waals surface area contributed by atoms with E-state index in [9.17, 15) is 10.1 Å². The molecule has 11 heteroatoms. The Hall–Kier alpha value is -5.27. The van der Waals surface area contributed by atoms with Crippen LogP contribution in [0.5, 0.6) is 5.75 Å². The molecule has 5 aromatic rings. The van der Waals surface area contributed by atoms with Gasteiger partial charge in [0.2, 0.25) is 0 Å². The first-order valence-corrected chi connectivity index (χ1v) is 14.3. The van der Waals surface area contributed by atoms with Gasteiger partial charge in [-0.05, 0) is 58.0 Å². The van der Waals surface area contributed by atoms with Crippen molar-refractivity contribution in [2.75, 3.05) is 6.61 Å². The number of hydrogen-bond acceptors (Lipinski definition) is 8. The van der Waals surface area contributed by atoms with Gasteiger partial charge in [-0.2, -0.15) is 9.94 Å². The molecule has 3 aromatic carbocycles. The average molecular weight is 589 g/mol. The minimum Gasteiger partial charge on any atom is -0.493 e. The van der Waals surface area contributed by atoms with Crippen LogP contribution < -0.4 is 15.6 Å². The largest absolute Gasteiger partial charge is 0.493 e. The van der Waals surface area contributed by atoms with Gasteiger partial charge in [-0.15, -0.1) is 5.10 Å². The lowest BCUT2D eigenvalue weighted by molar-refractivity contribution is 0.305. The highest BCUT2D eigenvalue weighted by atomic mass is 35.5. The van der Waals surface area contributed by atoms with Crippen molar-refractivity contribution in [1.29, 1.82) is 5.26 Å². The van der Waals surface area contributed by atoms with Crippen LogP contribution in [0.3, 0.4) is 0 Å². The third-order valence-electron chi connectivity index (χ3n) is 7.88. The maximum atomic E-state index is 13.9. The lowest BCUT2D eigenvalue weighted by Gasteiger charge is -2.22. The number of ether oxygens (including phenoxy) is 1. The summed E-state index contributed by atoms with van der Waals surface area (Å²) in [5, 5.41) is 25.1. The second kappa shape index (κ2) is 11.2. The molecule has 0 saturated heterocycles. The molecule has 0 fully saturated rings. The van der Waals surface area contributed by atoms with Gasteiger partial charge in [-0.1, -0.05) is 48.0 Å². The van der Waals surface area contributed by atoms with Gasteiger partial charge >= 0.3 is 0 Å². The summed E-state index contributed by atoms with van der Waals surface area (Å²) < 4.78 is 9.25. The summed E-state index contributed by atoms with van der Waals surface area (Å²) in [4.78, 5) is 19.0. The molecule has 10 nitrogen and oxygen atoms in total. The number of aromatic nitrogens is 5. The minimum atomic E-state index is -0.378. The molecule has 4 heterocycles. The molecule has 2 aromatic heterocycles. The monoisotopic (exact) mass is 588 g/mol. The quantitative estimate of drug-likeness (QED) is 0.305. The van der Waals surface area contributed by atoms with Gasteiger partial charge in [0.15, 0.2) is 0 Å². The van der Waals surface area contributed by atoms with Gasteiger partial charge in [-0.3, -0.25) is 9.79 Å². The number of aliphatic imine (C=N–C) groups is 1. The van der Waals surface area contributed by atoms with Crippen LogP contribution in [0.2, 0.25) is 5.02 Å². The third kappa shape index (κ3) is 5.15. The number of pyridine rings is 1. The van der Waals surface area contributed by atoms with Crippen molar-refractivity contribution < 1.29 is 4.74 Å². The highest BCUT2D eigenvalue weighted by Gasteiger charge is 2.37. The van der Waals surface area contributed by atoms with E-state index in [1.807, 2.05) is 42.6 Å². The molecule has 43 heavy (non-hydrogen) atoms. The second-order valence-electron chi connectivity index (χ2n) is 10.5. The molecule has 3 atom stereocenters. The van der Waals surface area contributed by atoms with Crippen LogP contribution in [0.1, 0.15) is 35.2 Å². The zero-order valence-electron chi connectivity index (χ0n) is 22.8. The lowest BCUT2D eigenvalue weighted by Crippen LogP contribution is -2.40. The Labute approximate surface area is 251 Å². The van der Waals surface area contributed by atoms with Crippen molar-refractivity contribution in [3.8, 4) is 28.6 Å². The highest BCUT2D eigenvalue weighted by Crippen LogP contribution is 2.38. The van der Waals surface area contributed by atoms with E-state index in [0.29, 0.717) is 40.6 Å². The Morgan fingerprint density at radius 1 is 1.09 bits per heavy atom. The number of nitrogens with zero attached hydrogens (tertiary/aromatic N) is 7. The van der Waals surface area contributed by atoms with Gasteiger partial charge in [0.05, 0.1) is 36.0 Å². The zero-order valence-corrected chi connectivity index (χ0v) is 23.6. The number of tetrazole rings is 1. The van der Waals surface area contributed by atoms with Crippen LogP contribution >= 0.6 is 11.6 Å². The summed E-state index contributed by atoms with van der Waals surface area (Å²) in [6.45, 7) is 0.500. The number of rotatable bonds is 6. The summed E-state index contributed by atoms with van der Waals surface area (Å²) >= 11 is 6.36. The van der Waals surface area contributed by atoms with Crippen molar-refractivity contribution in [1.82, 2.24) is 30.1 Å². The predicted octanol–water partition coefficient (Wildman–Crippen LogP) is 4.69. The van der Waals surface area contributed by atoms with Crippen LogP contribution in [-0.4, -0.2) is 43.3 Å². The Morgan fingerprint density at radius 2 is 1.98 bits per heavy atom. The molecule has 2 aliphatic rings. The van der Waals surface area contributed by atoms with E-state index in [1.165, 1.54) is 11.0 Å². The Bertz CT molecular complexity index is 1930. The minimum absolute atomic E-state index is 0.00254. The summed E-state index contributed by atoms with van der Waals surface area (Å²) in [5.41, 5.74) is 4.51. The molecular formula is C32H25ClN8O2. The third-order valence-corrected chi connectivity index (χ3v) is 8.11. The average Bonchev–Trinajstić information content (AvgIpc) is 3.68. The lowest BCUT2D eigenvalue weighted by atomic mass is 9.98. The zero-order chi connectivity index (χ0) is 29.3. The van der Waals surface area contributed by atoms with Crippen molar-refractivity contribution in [3.63, 3.8) is 0 Å². The maximum absolute atomic E-state index is 13.9. The first-order chi connectivity index (χ1) is 21.1. The van der Waals surface area contributed by atoms with Gasteiger partial charge < -0.3 is 14.6 Å². The first kappa shape index (κ1) is 26.6. The number of fused-ring (bicyclic) bond motifs is 3. The van der Waals surface area contributed by atoms with Gasteiger partial charge in [0.1, 0.15) is 24.0 Å².